The molecule has 1 aliphatic rings. The summed E-state index contributed by atoms with van der Waals surface area (Å²) < 4.78 is 5.53. The maximum atomic E-state index is 12.2. The van der Waals surface area contributed by atoms with Crippen molar-refractivity contribution in [2.45, 2.75) is 31.7 Å². The van der Waals surface area contributed by atoms with Gasteiger partial charge in [-0.1, -0.05) is 27.5 Å². The van der Waals surface area contributed by atoms with Crippen molar-refractivity contribution >= 4 is 39.4 Å². The van der Waals surface area contributed by atoms with Crippen LogP contribution in [0.1, 0.15) is 36.0 Å². The van der Waals surface area contributed by atoms with E-state index in [4.69, 9.17) is 16.3 Å². The largest absolute Gasteiger partial charge is 0.469 e. The van der Waals surface area contributed by atoms with Crippen molar-refractivity contribution in [3.8, 4) is 0 Å². The Morgan fingerprint density at radius 1 is 1.24 bits per heavy atom. The number of rotatable bonds is 3. The van der Waals surface area contributed by atoms with Gasteiger partial charge in [0.15, 0.2) is 0 Å². The fraction of sp³-hybridized carbons (Fsp3) is 0.467. The molecule has 0 aromatic heterocycles. The summed E-state index contributed by atoms with van der Waals surface area (Å²) in [5.74, 6) is -0.332. The van der Waals surface area contributed by atoms with Crippen molar-refractivity contribution in [1.29, 1.82) is 0 Å². The van der Waals surface area contributed by atoms with Gasteiger partial charge in [-0.25, -0.2) is 0 Å². The first kappa shape index (κ1) is 16.3. The minimum atomic E-state index is -0.154. The topological polar surface area (TPSA) is 55.4 Å². The van der Waals surface area contributed by atoms with Crippen LogP contribution in [-0.2, 0) is 9.53 Å². The molecule has 1 N–H and O–H groups in total. The molecule has 1 aromatic carbocycles. The lowest BCUT2D eigenvalue weighted by Crippen LogP contribution is -2.38. The molecule has 0 bridgehead atoms. The van der Waals surface area contributed by atoms with Gasteiger partial charge in [-0.3, -0.25) is 9.59 Å². The number of hydrogen-bond acceptors (Lipinski definition) is 3. The number of benzene rings is 1. The van der Waals surface area contributed by atoms with E-state index >= 15 is 0 Å². The third kappa shape index (κ3) is 4.45. The number of methoxy groups -OCH3 is 1. The van der Waals surface area contributed by atoms with Crippen LogP contribution in [-0.4, -0.2) is 25.0 Å². The molecule has 114 valence electrons. The van der Waals surface area contributed by atoms with Crippen LogP contribution in [0.2, 0.25) is 5.02 Å². The van der Waals surface area contributed by atoms with E-state index in [-0.39, 0.29) is 23.8 Å². The zero-order valence-electron chi connectivity index (χ0n) is 11.7. The van der Waals surface area contributed by atoms with Gasteiger partial charge in [0.2, 0.25) is 0 Å². The van der Waals surface area contributed by atoms with E-state index in [1.54, 1.807) is 18.2 Å². The Hall–Kier alpha value is -1.07. The summed E-state index contributed by atoms with van der Waals surface area (Å²) in [7, 11) is 1.41. The van der Waals surface area contributed by atoms with Gasteiger partial charge in [0.25, 0.3) is 5.91 Å². The highest BCUT2D eigenvalue weighted by atomic mass is 79.9. The van der Waals surface area contributed by atoms with Gasteiger partial charge >= 0.3 is 5.97 Å². The SMILES string of the molecule is COC(=O)C1CCC(NC(=O)c2cc(Cl)cc(Br)c2)CC1. The molecule has 0 saturated heterocycles. The van der Waals surface area contributed by atoms with Crippen molar-refractivity contribution < 1.29 is 14.3 Å². The first-order valence-electron chi connectivity index (χ1n) is 6.84. The Labute approximate surface area is 137 Å². The Bertz CT molecular complexity index is 521. The second-order valence-corrected chi connectivity index (χ2v) is 6.56. The molecule has 0 aliphatic heterocycles. The van der Waals surface area contributed by atoms with Crippen molar-refractivity contribution in [3.63, 3.8) is 0 Å². The van der Waals surface area contributed by atoms with Gasteiger partial charge in [-0.15, -0.1) is 0 Å². The quantitative estimate of drug-likeness (QED) is 0.823. The molecular weight excluding hydrogens is 358 g/mol. The van der Waals surface area contributed by atoms with Crippen LogP contribution in [0.3, 0.4) is 0 Å². The molecule has 21 heavy (non-hydrogen) atoms. The molecule has 1 aromatic rings. The lowest BCUT2D eigenvalue weighted by atomic mass is 9.86. The molecule has 0 unspecified atom stereocenters. The fourth-order valence-electron chi connectivity index (χ4n) is 2.59. The van der Waals surface area contributed by atoms with E-state index in [1.807, 2.05) is 0 Å². The molecule has 1 fully saturated rings. The standard InChI is InChI=1S/C15H17BrClNO3/c1-21-15(20)9-2-4-13(5-3-9)18-14(19)10-6-11(16)8-12(17)7-10/h6-9,13H,2-5H2,1H3,(H,18,19). The van der Waals surface area contributed by atoms with E-state index in [0.717, 1.165) is 30.2 Å². The zero-order chi connectivity index (χ0) is 15.4. The number of ether oxygens (including phenoxy) is 1. The lowest BCUT2D eigenvalue weighted by Gasteiger charge is -2.27. The van der Waals surface area contributed by atoms with Gasteiger partial charge in [-0.2, -0.15) is 0 Å². The van der Waals surface area contributed by atoms with Gasteiger partial charge in [0.1, 0.15) is 0 Å². The van der Waals surface area contributed by atoms with Crippen LogP contribution in [0, 0.1) is 5.92 Å². The zero-order valence-corrected chi connectivity index (χ0v) is 14.0. The number of hydrogen-bond donors (Lipinski definition) is 1. The number of amides is 1. The molecule has 0 spiro atoms. The summed E-state index contributed by atoms with van der Waals surface area (Å²) in [6.07, 6.45) is 3.06. The minimum absolute atomic E-state index is 0.0385. The van der Waals surface area contributed by atoms with E-state index in [1.165, 1.54) is 7.11 Å². The van der Waals surface area contributed by atoms with Gasteiger partial charge in [0, 0.05) is 21.1 Å². The first-order chi connectivity index (χ1) is 9.99. The van der Waals surface area contributed by atoms with E-state index in [9.17, 15) is 9.59 Å². The van der Waals surface area contributed by atoms with Crippen LogP contribution in [0.25, 0.3) is 0 Å². The monoisotopic (exact) mass is 373 g/mol. The Morgan fingerprint density at radius 3 is 2.48 bits per heavy atom. The van der Waals surface area contributed by atoms with Crippen LogP contribution >= 0.6 is 27.5 Å². The molecule has 6 heteroatoms. The normalized spacial score (nSPS) is 21.7. The van der Waals surface area contributed by atoms with Crippen molar-refractivity contribution in [2.24, 2.45) is 5.92 Å². The van der Waals surface area contributed by atoms with Crippen molar-refractivity contribution in [1.82, 2.24) is 5.32 Å². The summed E-state index contributed by atoms with van der Waals surface area (Å²) in [4.78, 5) is 23.7. The van der Waals surface area contributed by atoms with Crippen LogP contribution in [0.5, 0.6) is 0 Å². The molecule has 1 amide bonds. The number of carbonyl (C=O) groups excluding carboxylic acids is 2. The van der Waals surface area contributed by atoms with Gasteiger partial charge in [0.05, 0.1) is 13.0 Å². The first-order valence-corrected chi connectivity index (χ1v) is 8.01. The average molecular weight is 375 g/mol. The third-order valence-corrected chi connectivity index (χ3v) is 4.40. The third-order valence-electron chi connectivity index (χ3n) is 3.72. The summed E-state index contributed by atoms with van der Waals surface area (Å²) in [5, 5.41) is 3.51. The second-order valence-electron chi connectivity index (χ2n) is 5.20. The molecular formula is C15H17BrClNO3. The summed E-state index contributed by atoms with van der Waals surface area (Å²) in [6, 6.07) is 5.21. The number of halogens is 2. The number of esters is 1. The fourth-order valence-corrected chi connectivity index (χ4v) is 3.45. The minimum Gasteiger partial charge on any atom is -0.469 e. The molecule has 4 nitrogen and oxygen atoms in total. The van der Waals surface area contributed by atoms with Gasteiger partial charge < -0.3 is 10.1 Å². The average Bonchev–Trinajstić information content (AvgIpc) is 2.46. The Morgan fingerprint density at radius 2 is 1.90 bits per heavy atom. The molecule has 0 heterocycles. The highest BCUT2D eigenvalue weighted by Gasteiger charge is 2.27. The van der Waals surface area contributed by atoms with Crippen molar-refractivity contribution in [3.05, 3.63) is 33.3 Å². The molecule has 1 aliphatic carbocycles. The maximum Gasteiger partial charge on any atom is 0.308 e. The molecule has 0 atom stereocenters. The maximum absolute atomic E-state index is 12.2. The molecule has 0 radical (unpaired) electrons. The Kier molecular flexibility index (Phi) is 5.65. The predicted octanol–water partition coefficient (Wildman–Crippen LogP) is 3.56. The van der Waals surface area contributed by atoms with E-state index in [0.29, 0.717) is 10.6 Å². The second kappa shape index (κ2) is 7.27. The number of nitrogens with one attached hydrogen (secondary N) is 1. The summed E-state index contributed by atoms with van der Waals surface area (Å²) in [5.41, 5.74) is 0.532. The van der Waals surface area contributed by atoms with Crippen LogP contribution in [0.4, 0.5) is 0 Å². The smallest absolute Gasteiger partial charge is 0.308 e. The van der Waals surface area contributed by atoms with E-state index in [2.05, 4.69) is 21.2 Å². The summed E-state index contributed by atoms with van der Waals surface area (Å²) in [6.45, 7) is 0. The highest BCUT2D eigenvalue weighted by Crippen LogP contribution is 2.26. The van der Waals surface area contributed by atoms with Crippen LogP contribution < -0.4 is 5.32 Å². The van der Waals surface area contributed by atoms with Gasteiger partial charge in [-0.05, 0) is 43.9 Å². The van der Waals surface area contributed by atoms with Crippen molar-refractivity contribution in [2.75, 3.05) is 7.11 Å². The summed E-state index contributed by atoms with van der Waals surface area (Å²) >= 11 is 9.27. The number of carbonyl (C=O) groups is 2. The molecule has 2 rings (SSSR count). The molecule has 1 saturated carbocycles. The Balaban J connectivity index is 1.91. The predicted molar refractivity (Wildman–Crippen MR) is 84.4 cm³/mol. The van der Waals surface area contributed by atoms with Crippen LogP contribution in [0.15, 0.2) is 22.7 Å². The lowest BCUT2D eigenvalue weighted by molar-refractivity contribution is -0.146. The highest BCUT2D eigenvalue weighted by molar-refractivity contribution is 9.10. The van der Waals surface area contributed by atoms with E-state index < -0.39 is 0 Å².